The number of halogens is 3. The minimum absolute atomic E-state index is 0.372. The number of carbonyl (C=O) groups excluding carboxylic acids is 1. The van der Waals surface area contributed by atoms with Gasteiger partial charge in [-0.05, 0) is 36.2 Å². The highest BCUT2D eigenvalue weighted by atomic mass is 19.4. The van der Waals surface area contributed by atoms with Crippen LogP contribution in [0.4, 0.5) is 23.7 Å². The summed E-state index contributed by atoms with van der Waals surface area (Å²) in [4.78, 5) is 16.2. The summed E-state index contributed by atoms with van der Waals surface area (Å²) in [5.74, 6) is 0. The maximum absolute atomic E-state index is 12.3. The smallest absolute Gasteiger partial charge is 0.329 e. The van der Waals surface area contributed by atoms with Gasteiger partial charge in [0.25, 0.3) is 0 Å². The molecule has 10 heteroatoms. The molecule has 0 radical (unpaired) electrons. The number of aryl methyl sites for hydroxylation is 1. The summed E-state index contributed by atoms with van der Waals surface area (Å²) < 4.78 is 40.6. The van der Waals surface area contributed by atoms with Crippen LogP contribution in [0.1, 0.15) is 13.3 Å². The van der Waals surface area contributed by atoms with Crippen LogP contribution in [0.5, 0.6) is 0 Å². The first-order chi connectivity index (χ1) is 15.3. The van der Waals surface area contributed by atoms with Crippen molar-refractivity contribution in [2.45, 2.75) is 26.1 Å². The van der Waals surface area contributed by atoms with E-state index in [4.69, 9.17) is 0 Å². The number of hydrogen-bond acceptors (Lipinski definition) is 3. The molecule has 4 aromatic rings. The summed E-state index contributed by atoms with van der Waals surface area (Å²) in [5.41, 5.74) is 4.65. The van der Waals surface area contributed by atoms with Crippen LogP contribution in [-0.2, 0) is 6.54 Å². The highest BCUT2D eigenvalue weighted by Gasteiger charge is 2.27. The van der Waals surface area contributed by atoms with E-state index in [0.29, 0.717) is 5.69 Å². The van der Waals surface area contributed by atoms with Gasteiger partial charge < -0.3 is 10.6 Å². The van der Waals surface area contributed by atoms with Gasteiger partial charge in [0.05, 0.1) is 18.1 Å². The molecule has 0 fully saturated rings. The van der Waals surface area contributed by atoms with Crippen molar-refractivity contribution >= 4 is 17.4 Å². The number of alkyl halides is 3. The van der Waals surface area contributed by atoms with Gasteiger partial charge in [0, 0.05) is 35.8 Å². The van der Waals surface area contributed by atoms with Crippen molar-refractivity contribution in [3.05, 3.63) is 61.2 Å². The Morgan fingerprint density at radius 3 is 2.72 bits per heavy atom. The van der Waals surface area contributed by atoms with E-state index in [1.807, 2.05) is 45.9 Å². The number of carbonyl (C=O) groups is 1. The van der Waals surface area contributed by atoms with E-state index in [9.17, 15) is 18.0 Å². The average molecular weight is 442 g/mol. The van der Waals surface area contributed by atoms with E-state index in [2.05, 4.69) is 22.3 Å². The molecule has 0 aliphatic heterocycles. The molecule has 0 spiro atoms. The lowest BCUT2D eigenvalue weighted by Gasteiger charge is -2.11. The molecule has 1 aromatic carbocycles. The number of benzene rings is 1. The number of amides is 2. The molecular formula is C22H21F3N6O. The van der Waals surface area contributed by atoms with Crippen LogP contribution < -0.4 is 10.6 Å². The summed E-state index contributed by atoms with van der Waals surface area (Å²) in [7, 11) is 0. The summed E-state index contributed by atoms with van der Waals surface area (Å²) in [6.45, 7) is 1.55. The number of rotatable bonds is 6. The van der Waals surface area contributed by atoms with Crippen LogP contribution in [0.25, 0.3) is 28.0 Å². The molecule has 3 heterocycles. The summed E-state index contributed by atoms with van der Waals surface area (Å²) in [6, 6.07) is 9.84. The fourth-order valence-corrected chi connectivity index (χ4v) is 3.35. The van der Waals surface area contributed by atoms with Crippen LogP contribution in [-0.4, -0.2) is 37.9 Å². The number of anilines is 1. The Balaban J connectivity index is 1.55. The number of aromatic nitrogens is 4. The lowest BCUT2D eigenvalue weighted by Crippen LogP contribution is -2.36. The quantitative estimate of drug-likeness (QED) is 0.443. The summed E-state index contributed by atoms with van der Waals surface area (Å²) >= 11 is 0. The van der Waals surface area contributed by atoms with Crippen molar-refractivity contribution in [2.24, 2.45) is 0 Å². The zero-order valence-electron chi connectivity index (χ0n) is 17.2. The number of hydrogen-bond donors (Lipinski definition) is 2. The third kappa shape index (κ3) is 4.90. The molecule has 0 saturated carbocycles. The van der Waals surface area contributed by atoms with Gasteiger partial charge in [0.2, 0.25) is 0 Å². The number of imidazole rings is 1. The normalized spacial score (nSPS) is 11.6. The van der Waals surface area contributed by atoms with Gasteiger partial charge in [-0.1, -0.05) is 19.1 Å². The predicted molar refractivity (Wildman–Crippen MR) is 115 cm³/mol. The maximum atomic E-state index is 12.3. The Labute approximate surface area is 181 Å². The second-order valence-corrected chi connectivity index (χ2v) is 7.28. The Morgan fingerprint density at radius 1 is 1.09 bits per heavy atom. The van der Waals surface area contributed by atoms with Crippen LogP contribution >= 0.6 is 0 Å². The van der Waals surface area contributed by atoms with Crippen molar-refractivity contribution in [3.63, 3.8) is 0 Å². The minimum atomic E-state index is -4.47. The first-order valence-electron chi connectivity index (χ1n) is 10.0. The molecule has 0 unspecified atom stereocenters. The van der Waals surface area contributed by atoms with E-state index < -0.39 is 18.8 Å². The van der Waals surface area contributed by atoms with Gasteiger partial charge in [0.15, 0.2) is 0 Å². The monoisotopic (exact) mass is 442 g/mol. The average Bonchev–Trinajstić information content (AvgIpc) is 3.39. The number of pyridine rings is 1. The van der Waals surface area contributed by atoms with Gasteiger partial charge in [0.1, 0.15) is 12.2 Å². The first-order valence-corrected chi connectivity index (χ1v) is 10.0. The van der Waals surface area contributed by atoms with Gasteiger partial charge >= 0.3 is 12.2 Å². The van der Waals surface area contributed by atoms with Gasteiger partial charge in [-0.2, -0.15) is 18.3 Å². The standard InChI is InChI=1S/C22H21F3N6O/c1-2-7-30-13-17(11-28-30)15-6-8-31-19(12-26-20(31)10-15)16-4-3-5-18(9-16)29-21(32)27-14-22(23,24)25/h3-6,8-13H,2,7,14H2,1H3,(H2,27,29,32). The molecular weight excluding hydrogens is 421 g/mol. The SMILES string of the molecule is CCCn1cc(-c2ccn3c(-c4cccc(NC(=O)NCC(F)(F)F)c4)cnc3c2)cn1. The largest absolute Gasteiger partial charge is 0.405 e. The highest BCUT2D eigenvalue weighted by Crippen LogP contribution is 2.26. The molecule has 2 amide bonds. The fourth-order valence-electron chi connectivity index (χ4n) is 3.35. The van der Waals surface area contributed by atoms with Gasteiger partial charge in [-0.15, -0.1) is 0 Å². The van der Waals surface area contributed by atoms with E-state index in [1.165, 1.54) is 0 Å². The summed E-state index contributed by atoms with van der Waals surface area (Å²) in [6.07, 6.45) is 3.97. The number of nitrogens with zero attached hydrogens (tertiary/aromatic N) is 4. The molecule has 0 atom stereocenters. The third-order valence-corrected chi connectivity index (χ3v) is 4.80. The van der Waals surface area contributed by atoms with Crippen LogP contribution in [0.2, 0.25) is 0 Å². The van der Waals surface area contributed by atoms with Crippen LogP contribution in [0, 0.1) is 0 Å². The maximum Gasteiger partial charge on any atom is 0.405 e. The molecule has 32 heavy (non-hydrogen) atoms. The third-order valence-electron chi connectivity index (χ3n) is 4.80. The van der Waals surface area contributed by atoms with Crippen molar-refractivity contribution in [1.29, 1.82) is 0 Å². The molecule has 166 valence electrons. The molecule has 3 aromatic heterocycles. The zero-order chi connectivity index (χ0) is 22.7. The van der Waals surface area contributed by atoms with E-state index in [1.54, 1.807) is 29.7 Å². The lowest BCUT2D eigenvalue weighted by atomic mass is 10.1. The first kappa shape index (κ1) is 21.4. The molecule has 2 N–H and O–H groups in total. The molecule has 0 saturated heterocycles. The van der Waals surface area contributed by atoms with Crippen molar-refractivity contribution in [1.82, 2.24) is 24.5 Å². The Hall–Kier alpha value is -3.82. The van der Waals surface area contributed by atoms with Crippen molar-refractivity contribution in [2.75, 3.05) is 11.9 Å². The predicted octanol–water partition coefficient (Wildman–Crippen LogP) is 4.96. The minimum Gasteiger partial charge on any atom is -0.329 e. The molecule has 7 nitrogen and oxygen atoms in total. The highest BCUT2D eigenvalue weighted by molar-refractivity contribution is 5.90. The fraction of sp³-hybridized carbons (Fsp3) is 0.227. The van der Waals surface area contributed by atoms with Crippen molar-refractivity contribution < 1.29 is 18.0 Å². The summed E-state index contributed by atoms with van der Waals surface area (Å²) in [5, 5.41) is 8.57. The number of urea groups is 1. The number of nitrogens with one attached hydrogen (secondary N) is 2. The molecule has 0 aliphatic rings. The Kier molecular flexibility index (Phi) is 5.85. The van der Waals surface area contributed by atoms with E-state index in [-0.39, 0.29) is 0 Å². The molecule has 4 rings (SSSR count). The zero-order valence-corrected chi connectivity index (χ0v) is 17.2. The van der Waals surface area contributed by atoms with E-state index in [0.717, 1.165) is 41.0 Å². The van der Waals surface area contributed by atoms with Crippen LogP contribution in [0.3, 0.4) is 0 Å². The Morgan fingerprint density at radius 2 is 1.94 bits per heavy atom. The number of fused-ring (bicyclic) bond motifs is 1. The topological polar surface area (TPSA) is 76.2 Å². The van der Waals surface area contributed by atoms with Crippen LogP contribution in [0.15, 0.2) is 61.2 Å². The molecule has 0 bridgehead atoms. The second-order valence-electron chi connectivity index (χ2n) is 7.28. The van der Waals surface area contributed by atoms with E-state index >= 15 is 0 Å². The lowest BCUT2D eigenvalue weighted by molar-refractivity contribution is -0.122. The Bertz CT molecular complexity index is 1240. The van der Waals surface area contributed by atoms with Gasteiger partial charge in [-0.25, -0.2) is 9.78 Å². The van der Waals surface area contributed by atoms with Gasteiger partial charge in [-0.3, -0.25) is 9.08 Å². The van der Waals surface area contributed by atoms with Crippen molar-refractivity contribution in [3.8, 4) is 22.4 Å². The molecule has 0 aliphatic carbocycles. The second kappa shape index (κ2) is 8.74.